The second-order valence-electron chi connectivity index (χ2n) is 9.99. The van der Waals surface area contributed by atoms with Gasteiger partial charge < -0.3 is 0 Å². The lowest BCUT2D eigenvalue weighted by molar-refractivity contribution is -0.0442. The molecule has 0 aromatic heterocycles. The van der Waals surface area contributed by atoms with Crippen LogP contribution in [0.1, 0.15) is 77.0 Å². The van der Waals surface area contributed by atoms with E-state index in [1.165, 1.54) is 77.0 Å². The van der Waals surface area contributed by atoms with Gasteiger partial charge in [0.25, 0.3) is 0 Å². The van der Waals surface area contributed by atoms with Crippen molar-refractivity contribution in [1.82, 2.24) is 0 Å². The fourth-order valence-corrected chi connectivity index (χ4v) is 7.99. The Morgan fingerprint density at radius 2 is 1.44 bits per heavy atom. The molecule has 0 nitrogen and oxygen atoms in total. The van der Waals surface area contributed by atoms with Gasteiger partial charge in [0.05, 0.1) is 7.85 Å². The van der Waals surface area contributed by atoms with Crippen LogP contribution in [0.5, 0.6) is 0 Å². The predicted octanol–water partition coefficient (Wildman–Crippen LogP) is 6.49. The van der Waals surface area contributed by atoms with Crippen molar-refractivity contribution in [1.29, 1.82) is 0 Å². The van der Waals surface area contributed by atoms with E-state index in [0.29, 0.717) is 5.82 Å². The quantitative estimate of drug-likeness (QED) is 0.481. The zero-order valence-electron chi connectivity index (χ0n) is 15.9. The molecule has 0 saturated heterocycles. The summed E-state index contributed by atoms with van der Waals surface area (Å²) < 4.78 is 0. The van der Waals surface area contributed by atoms with Crippen LogP contribution >= 0.6 is 0 Å². The summed E-state index contributed by atoms with van der Waals surface area (Å²) in [5, 5.41) is 0. The average Bonchev–Trinajstić information content (AvgIpc) is 2.68. The molecule has 1 heteroatoms. The number of hydrogen-bond acceptors (Lipinski definition) is 0. The lowest BCUT2D eigenvalue weighted by Crippen LogP contribution is -2.49. The number of allylic oxidation sites excluding steroid dienone is 4. The highest BCUT2D eigenvalue weighted by atomic mass is 14.6. The SMILES string of the molecule is [B]C1C2CCCCC2C(C2CC=C3C=CCCC3C2)C2CCCCC12. The van der Waals surface area contributed by atoms with E-state index in [9.17, 15) is 0 Å². The molecule has 5 rings (SSSR count). The summed E-state index contributed by atoms with van der Waals surface area (Å²) in [6.45, 7) is 0. The topological polar surface area (TPSA) is 0 Å². The smallest absolute Gasteiger partial charge is 0.0707 e. The van der Waals surface area contributed by atoms with E-state index in [-0.39, 0.29) is 0 Å². The monoisotopic (exact) mass is 334 g/mol. The molecule has 0 aromatic carbocycles. The molecular weight excluding hydrogens is 299 g/mol. The Bertz CT molecular complexity index is 522. The van der Waals surface area contributed by atoms with E-state index >= 15 is 0 Å². The lowest BCUT2D eigenvalue weighted by atomic mass is 9.44. The Morgan fingerprint density at radius 3 is 2.12 bits per heavy atom. The molecule has 0 spiro atoms. The van der Waals surface area contributed by atoms with Crippen LogP contribution in [0, 0.1) is 41.4 Å². The number of fused-ring (bicyclic) bond motifs is 3. The zero-order chi connectivity index (χ0) is 16.8. The second-order valence-corrected chi connectivity index (χ2v) is 9.99. The number of rotatable bonds is 1. The molecular formula is C24H35B. The Morgan fingerprint density at radius 1 is 0.800 bits per heavy atom. The molecule has 2 radical (unpaired) electrons. The molecule has 134 valence electrons. The third-order valence-corrected chi connectivity index (χ3v) is 8.98. The van der Waals surface area contributed by atoms with Gasteiger partial charge in [-0.05, 0) is 85.5 Å². The second kappa shape index (κ2) is 6.93. The fourth-order valence-electron chi connectivity index (χ4n) is 7.99. The van der Waals surface area contributed by atoms with Crippen LogP contribution in [0.2, 0.25) is 5.82 Å². The lowest BCUT2D eigenvalue weighted by Gasteiger charge is -2.58. The molecule has 5 aliphatic carbocycles. The van der Waals surface area contributed by atoms with E-state index in [0.717, 1.165) is 41.4 Å². The van der Waals surface area contributed by atoms with Crippen LogP contribution in [0.4, 0.5) is 0 Å². The molecule has 0 aliphatic heterocycles. The van der Waals surface area contributed by atoms with Crippen molar-refractivity contribution in [3.63, 3.8) is 0 Å². The third kappa shape index (κ3) is 2.89. The van der Waals surface area contributed by atoms with Gasteiger partial charge in [-0.1, -0.05) is 62.6 Å². The largest absolute Gasteiger partial charge is 0.0842 e. The van der Waals surface area contributed by atoms with Crippen LogP contribution in [0.3, 0.4) is 0 Å². The minimum atomic E-state index is 0.527. The van der Waals surface area contributed by atoms with Crippen molar-refractivity contribution in [2.24, 2.45) is 41.4 Å². The van der Waals surface area contributed by atoms with Crippen molar-refractivity contribution in [2.75, 3.05) is 0 Å². The van der Waals surface area contributed by atoms with Crippen LogP contribution in [0.25, 0.3) is 0 Å². The van der Waals surface area contributed by atoms with Gasteiger partial charge in [-0.15, -0.1) is 0 Å². The van der Waals surface area contributed by atoms with Gasteiger partial charge in [0, 0.05) is 0 Å². The Kier molecular flexibility index (Phi) is 4.63. The minimum absolute atomic E-state index is 0.527. The van der Waals surface area contributed by atoms with Gasteiger partial charge in [0.1, 0.15) is 0 Å². The maximum Gasteiger partial charge on any atom is 0.0707 e. The van der Waals surface area contributed by atoms with Crippen LogP contribution in [-0.2, 0) is 0 Å². The fraction of sp³-hybridized carbons (Fsp3) is 0.833. The van der Waals surface area contributed by atoms with Gasteiger partial charge in [-0.2, -0.15) is 0 Å². The first-order valence-electron chi connectivity index (χ1n) is 11.4. The summed E-state index contributed by atoms with van der Waals surface area (Å²) >= 11 is 0. The van der Waals surface area contributed by atoms with Gasteiger partial charge in [-0.3, -0.25) is 0 Å². The van der Waals surface area contributed by atoms with Crippen molar-refractivity contribution in [2.45, 2.75) is 82.9 Å². The van der Waals surface area contributed by atoms with Crippen molar-refractivity contribution >= 4 is 7.85 Å². The average molecular weight is 334 g/mol. The molecule has 0 bridgehead atoms. The highest BCUT2D eigenvalue weighted by molar-refractivity contribution is 6.12. The number of hydrogen-bond donors (Lipinski definition) is 0. The predicted molar refractivity (Wildman–Crippen MR) is 107 cm³/mol. The first kappa shape index (κ1) is 16.7. The van der Waals surface area contributed by atoms with E-state index in [2.05, 4.69) is 18.2 Å². The molecule has 0 amide bonds. The molecule has 6 unspecified atom stereocenters. The molecule has 5 aliphatic rings. The van der Waals surface area contributed by atoms with Crippen molar-refractivity contribution in [3.05, 3.63) is 23.8 Å². The Hall–Kier alpha value is -0.455. The normalized spacial score (nSPS) is 49.5. The highest BCUT2D eigenvalue weighted by Crippen LogP contribution is 2.60. The van der Waals surface area contributed by atoms with E-state index in [1.54, 1.807) is 5.57 Å². The maximum absolute atomic E-state index is 6.92. The van der Waals surface area contributed by atoms with E-state index in [1.807, 2.05) is 0 Å². The standard InChI is InChI=1S/C24H35B/c25-24-21-11-5-3-9-19(21)23(20-10-4-6-12-22(20)24)18-14-13-16-7-1-2-8-17(16)15-18/h1,7,13,17-24H,2-6,8-12,14-15H2. The molecule has 6 atom stereocenters. The third-order valence-electron chi connectivity index (χ3n) is 8.98. The Balaban J connectivity index is 1.45. The molecule has 0 N–H and O–H groups in total. The van der Waals surface area contributed by atoms with Crippen LogP contribution in [0.15, 0.2) is 23.8 Å². The first-order valence-corrected chi connectivity index (χ1v) is 11.4. The molecule has 3 fully saturated rings. The summed E-state index contributed by atoms with van der Waals surface area (Å²) in [5.41, 5.74) is 1.68. The van der Waals surface area contributed by atoms with Crippen molar-refractivity contribution < 1.29 is 0 Å². The van der Waals surface area contributed by atoms with Crippen LogP contribution < -0.4 is 0 Å². The minimum Gasteiger partial charge on any atom is -0.0842 e. The summed E-state index contributed by atoms with van der Waals surface area (Å²) in [6, 6.07) is 0. The van der Waals surface area contributed by atoms with E-state index < -0.39 is 0 Å². The zero-order valence-corrected chi connectivity index (χ0v) is 15.9. The molecule has 3 saturated carbocycles. The van der Waals surface area contributed by atoms with Gasteiger partial charge >= 0.3 is 0 Å². The summed E-state index contributed by atoms with van der Waals surface area (Å²) in [4.78, 5) is 0. The summed E-state index contributed by atoms with van der Waals surface area (Å²) in [7, 11) is 6.92. The molecule has 25 heavy (non-hydrogen) atoms. The highest BCUT2D eigenvalue weighted by Gasteiger charge is 2.51. The summed E-state index contributed by atoms with van der Waals surface area (Å²) in [6.07, 6.45) is 24.7. The van der Waals surface area contributed by atoms with E-state index in [4.69, 9.17) is 7.85 Å². The molecule has 0 heterocycles. The maximum atomic E-state index is 6.92. The Labute approximate surface area is 156 Å². The van der Waals surface area contributed by atoms with Gasteiger partial charge in [0.15, 0.2) is 0 Å². The van der Waals surface area contributed by atoms with Gasteiger partial charge in [0.2, 0.25) is 0 Å². The van der Waals surface area contributed by atoms with Crippen molar-refractivity contribution in [3.8, 4) is 0 Å². The van der Waals surface area contributed by atoms with Crippen LogP contribution in [-0.4, -0.2) is 7.85 Å². The summed E-state index contributed by atoms with van der Waals surface area (Å²) in [5.74, 6) is 7.00. The first-order chi connectivity index (χ1) is 12.3. The van der Waals surface area contributed by atoms with Gasteiger partial charge in [-0.25, -0.2) is 0 Å². The molecule has 0 aromatic rings.